The lowest BCUT2D eigenvalue weighted by Gasteiger charge is -2.08. The maximum Gasteiger partial charge on any atom is 0.0478 e. The standard InChI is InChI=1S/C13H15N/c1-2-11-6-8-12(9-7-11)13-5-3-4-10-14-13/h4,6-10H,2-3,5H2,1H3. The number of hydrogen-bond acceptors (Lipinski definition) is 1. The summed E-state index contributed by atoms with van der Waals surface area (Å²) in [5, 5.41) is 0. The molecule has 1 aromatic rings. The Morgan fingerprint density at radius 1 is 1.21 bits per heavy atom. The van der Waals surface area contributed by atoms with Crippen molar-refractivity contribution in [3.63, 3.8) is 0 Å². The highest BCUT2D eigenvalue weighted by Crippen LogP contribution is 2.13. The van der Waals surface area contributed by atoms with Crippen molar-refractivity contribution >= 4 is 5.71 Å². The maximum atomic E-state index is 4.39. The molecule has 1 aliphatic heterocycles. The highest BCUT2D eigenvalue weighted by Gasteiger charge is 2.04. The average molecular weight is 185 g/mol. The van der Waals surface area contributed by atoms with Crippen molar-refractivity contribution in [1.82, 2.24) is 0 Å². The molecule has 1 heterocycles. The second kappa shape index (κ2) is 4.23. The first-order valence-corrected chi connectivity index (χ1v) is 5.21. The summed E-state index contributed by atoms with van der Waals surface area (Å²) < 4.78 is 0. The molecule has 1 aliphatic rings. The van der Waals surface area contributed by atoms with E-state index in [1.54, 1.807) is 0 Å². The van der Waals surface area contributed by atoms with Crippen molar-refractivity contribution in [3.8, 4) is 0 Å². The van der Waals surface area contributed by atoms with E-state index in [1.807, 2.05) is 6.20 Å². The van der Waals surface area contributed by atoms with Gasteiger partial charge in [0.15, 0.2) is 0 Å². The van der Waals surface area contributed by atoms with Crippen LogP contribution in [0.3, 0.4) is 0 Å². The zero-order chi connectivity index (χ0) is 9.80. The van der Waals surface area contributed by atoms with Crippen LogP contribution in [-0.2, 0) is 6.42 Å². The Kier molecular flexibility index (Phi) is 2.78. The zero-order valence-corrected chi connectivity index (χ0v) is 8.53. The molecule has 0 amide bonds. The van der Waals surface area contributed by atoms with Crippen LogP contribution >= 0.6 is 0 Å². The molecule has 2 rings (SSSR count). The number of benzene rings is 1. The average Bonchev–Trinajstić information content (AvgIpc) is 2.30. The lowest BCUT2D eigenvalue weighted by atomic mass is 10.0. The Labute approximate surface area is 85.2 Å². The van der Waals surface area contributed by atoms with Gasteiger partial charge in [-0.15, -0.1) is 0 Å². The summed E-state index contributed by atoms with van der Waals surface area (Å²) in [6, 6.07) is 8.74. The third-order valence-electron chi connectivity index (χ3n) is 2.58. The molecule has 0 bridgehead atoms. The molecule has 0 radical (unpaired) electrons. The molecular weight excluding hydrogens is 170 g/mol. The van der Waals surface area contributed by atoms with Crippen molar-refractivity contribution < 1.29 is 0 Å². The number of aliphatic imine (C=N–C) groups is 1. The number of rotatable bonds is 2. The van der Waals surface area contributed by atoms with Crippen LogP contribution in [0.25, 0.3) is 0 Å². The van der Waals surface area contributed by atoms with E-state index in [4.69, 9.17) is 0 Å². The highest BCUT2D eigenvalue weighted by molar-refractivity contribution is 6.01. The summed E-state index contributed by atoms with van der Waals surface area (Å²) in [7, 11) is 0. The number of aryl methyl sites for hydroxylation is 1. The molecular formula is C13H15N. The van der Waals surface area contributed by atoms with Crippen LogP contribution in [0, 0.1) is 0 Å². The molecule has 0 atom stereocenters. The highest BCUT2D eigenvalue weighted by atomic mass is 14.7. The van der Waals surface area contributed by atoms with Gasteiger partial charge >= 0.3 is 0 Å². The van der Waals surface area contributed by atoms with Crippen molar-refractivity contribution in [2.24, 2.45) is 4.99 Å². The summed E-state index contributed by atoms with van der Waals surface area (Å²) in [5.74, 6) is 0. The molecule has 1 nitrogen and oxygen atoms in total. The van der Waals surface area contributed by atoms with Crippen LogP contribution in [-0.4, -0.2) is 5.71 Å². The Bertz CT molecular complexity index is 357. The van der Waals surface area contributed by atoms with Crippen molar-refractivity contribution in [1.29, 1.82) is 0 Å². The lowest BCUT2D eigenvalue weighted by Crippen LogP contribution is -2.02. The van der Waals surface area contributed by atoms with Crippen molar-refractivity contribution in [3.05, 3.63) is 47.7 Å². The first kappa shape index (κ1) is 9.20. The third kappa shape index (κ3) is 1.92. The molecule has 0 fully saturated rings. The molecule has 0 saturated heterocycles. The molecule has 0 aliphatic carbocycles. The van der Waals surface area contributed by atoms with Gasteiger partial charge in [0, 0.05) is 11.9 Å². The third-order valence-corrected chi connectivity index (χ3v) is 2.58. The molecule has 72 valence electrons. The van der Waals surface area contributed by atoms with Crippen LogP contribution in [0.15, 0.2) is 41.5 Å². The Hall–Kier alpha value is -1.37. The second-order valence-electron chi connectivity index (χ2n) is 3.55. The SMILES string of the molecule is CCc1ccc(C2=NC=CCC2)cc1. The number of allylic oxidation sites excluding steroid dienone is 1. The summed E-state index contributed by atoms with van der Waals surface area (Å²) in [4.78, 5) is 4.39. The second-order valence-corrected chi connectivity index (χ2v) is 3.55. The predicted octanol–water partition coefficient (Wildman–Crippen LogP) is 3.35. The summed E-state index contributed by atoms with van der Waals surface area (Å²) in [5.41, 5.74) is 3.88. The van der Waals surface area contributed by atoms with Gasteiger partial charge in [0.1, 0.15) is 0 Å². The van der Waals surface area contributed by atoms with E-state index in [1.165, 1.54) is 16.8 Å². The van der Waals surface area contributed by atoms with Gasteiger partial charge in [-0.3, -0.25) is 4.99 Å². The van der Waals surface area contributed by atoms with E-state index in [0.717, 1.165) is 19.3 Å². The number of nitrogens with zero attached hydrogens (tertiary/aromatic N) is 1. The molecule has 0 aromatic heterocycles. The fourth-order valence-corrected chi connectivity index (χ4v) is 1.65. The Morgan fingerprint density at radius 2 is 2.00 bits per heavy atom. The van der Waals surface area contributed by atoms with E-state index in [2.05, 4.69) is 42.3 Å². The smallest absolute Gasteiger partial charge is 0.0478 e. The first-order chi connectivity index (χ1) is 6.90. The topological polar surface area (TPSA) is 12.4 Å². The Balaban J connectivity index is 2.24. The minimum absolute atomic E-state index is 1.07. The van der Waals surface area contributed by atoms with Gasteiger partial charge in [-0.1, -0.05) is 37.3 Å². The fourth-order valence-electron chi connectivity index (χ4n) is 1.65. The molecule has 0 spiro atoms. The largest absolute Gasteiger partial charge is 0.261 e. The summed E-state index contributed by atoms with van der Waals surface area (Å²) >= 11 is 0. The van der Waals surface area contributed by atoms with Gasteiger partial charge in [0.25, 0.3) is 0 Å². The van der Waals surface area contributed by atoms with Crippen LogP contribution in [0.4, 0.5) is 0 Å². The van der Waals surface area contributed by atoms with Crippen molar-refractivity contribution in [2.75, 3.05) is 0 Å². The van der Waals surface area contributed by atoms with E-state index in [9.17, 15) is 0 Å². The molecule has 1 aromatic carbocycles. The molecule has 0 N–H and O–H groups in total. The van der Waals surface area contributed by atoms with Crippen molar-refractivity contribution in [2.45, 2.75) is 26.2 Å². The number of hydrogen-bond donors (Lipinski definition) is 0. The van der Waals surface area contributed by atoms with Gasteiger partial charge in [-0.05, 0) is 30.4 Å². The van der Waals surface area contributed by atoms with Crippen LogP contribution in [0.1, 0.15) is 30.9 Å². The summed E-state index contributed by atoms with van der Waals surface area (Å²) in [6.07, 6.45) is 7.32. The Morgan fingerprint density at radius 3 is 2.57 bits per heavy atom. The van der Waals surface area contributed by atoms with Crippen LogP contribution in [0.5, 0.6) is 0 Å². The first-order valence-electron chi connectivity index (χ1n) is 5.21. The van der Waals surface area contributed by atoms with Crippen LogP contribution in [0.2, 0.25) is 0 Å². The minimum atomic E-state index is 1.07. The summed E-state index contributed by atoms with van der Waals surface area (Å²) in [6.45, 7) is 2.18. The minimum Gasteiger partial charge on any atom is -0.261 e. The van der Waals surface area contributed by atoms with Crippen LogP contribution < -0.4 is 0 Å². The molecule has 0 saturated carbocycles. The molecule has 14 heavy (non-hydrogen) atoms. The van der Waals surface area contributed by atoms with Gasteiger partial charge in [0.05, 0.1) is 0 Å². The fraction of sp³-hybridized carbons (Fsp3) is 0.308. The van der Waals surface area contributed by atoms with E-state index in [-0.39, 0.29) is 0 Å². The monoisotopic (exact) mass is 185 g/mol. The lowest BCUT2D eigenvalue weighted by molar-refractivity contribution is 1.06. The predicted molar refractivity (Wildman–Crippen MR) is 60.7 cm³/mol. The molecule has 1 heteroatoms. The van der Waals surface area contributed by atoms with E-state index < -0.39 is 0 Å². The van der Waals surface area contributed by atoms with E-state index >= 15 is 0 Å². The van der Waals surface area contributed by atoms with Gasteiger partial charge in [-0.2, -0.15) is 0 Å². The normalized spacial score (nSPS) is 15.4. The van der Waals surface area contributed by atoms with Gasteiger partial charge < -0.3 is 0 Å². The maximum absolute atomic E-state index is 4.39. The quantitative estimate of drug-likeness (QED) is 0.670. The van der Waals surface area contributed by atoms with E-state index in [0.29, 0.717) is 0 Å². The van der Waals surface area contributed by atoms with Gasteiger partial charge in [0.2, 0.25) is 0 Å². The zero-order valence-electron chi connectivity index (χ0n) is 8.53. The molecule has 0 unspecified atom stereocenters. The van der Waals surface area contributed by atoms with Gasteiger partial charge in [-0.25, -0.2) is 0 Å².